The lowest BCUT2D eigenvalue weighted by atomic mass is 9.98. The van der Waals surface area contributed by atoms with Gasteiger partial charge in [-0.05, 0) is 36.6 Å². The van der Waals surface area contributed by atoms with Gasteiger partial charge >= 0.3 is 5.97 Å². The van der Waals surface area contributed by atoms with E-state index >= 15 is 0 Å². The fraction of sp³-hybridized carbons (Fsp3) is 0.500. The van der Waals surface area contributed by atoms with Crippen LogP contribution in [0.4, 0.5) is 5.69 Å². The van der Waals surface area contributed by atoms with E-state index in [0.29, 0.717) is 24.3 Å². The van der Waals surface area contributed by atoms with Crippen molar-refractivity contribution >= 4 is 23.5 Å². The molecule has 7 heteroatoms. The van der Waals surface area contributed by atoms with Gasteiger partial charge in [-0.25, -0.2) is 4.79 Å². The highest BCUT2D eigenvalue weighted by atomic mass is 16.5. The SMILES string of the molecule is Cc1cc(C(=O)NC2(C(=O)O)CCOC2)ccc1NC(=O)CC(C)C. The van der Waals surface area contributed by atoms with Gasteiger partial charge in [0, 0.05) is 30.7 Å². The predicted octanol–water partition coefficient (Wildman–Crippen LogP) is 1.95. The lowest BCUT2D eigenvalue weighted by molar-refractivity contribution is -0.144. The summed E-state index contributed by atoms with van der Waals surface area (Å²) in [6, 6.07) is 4.85. The molecule has 1 unspecified atom stereocenters. The molecule has 0 aromatic heterocycles. The summed E-state index contributed by atoms with van der Waals surface area (Å²) in [6.45, 7) is 5.96. The second-order valence-electron chi connectivity index (χ2n) is 6.82. The molecule has 1 aliphatic heterocycles. The van der Waals surface area contributed by atoms with E-state index in [4.69, 9.17) is 4.74 Å². The highest BCUT2D eigenvalue weighted by Gasteiger charge is 2.44. The smallest absolute Gasteiger partial charge is 0.331 e. The number of nitrogens with one attached hydrogen (secondary N) is 2. The van der Waals surface area contributed by atoms with Crippen LogP contribution < -0.4 is 10.6 Å². The first-order valence-corrected chi connectivity index (χ1v) is 8.27. The standard InChI is InChI=1S/C18H24N2O5/c1-11(2)8-15(21)19-14-5-4-13(9-12(14)3)16(22)20-18(17(23)24)6-7-25-10-18/h4-5,9,11H,6-8,10H2,1-3H3,(H,19,21)(H,20,22)(H,23,24). The summed E-state index contributed by atoms with van der Waals surface area (Å²) in [5.41, 5.74) is 0.331. The quantitative estimate of drug-likeness (QED) is 0.729. The highest BCUT2D eigenvalue weighted by Crippen LogP contribution is 2.22. The summed E-state index contributed by atoms with van der Waals surface area (Å²) in [5.74, 6) is -1.40. The van der Waals surface area contributed by atoms with Crippen LogP contribution in [-0.4, -0.2) is 41.6 Å². The van der Waals surface area contributed by atoms with E-state index in [-0.39, 0.29) is 24.9 Å². The van der Waals surface area contributed by atoms with Gasteiger partial charge in [0.15, 0.2) is 5.54 Å². The number of aryl methyl sites for hydroxylation is 1. The number of carbonyl (C=O) groups is 3. The van der Waals surface area contributed by atoms with Gasteiger partial charge in [0.1, 0.15) is 0 Å². The Hall–Kier alpha value is -2.41. The average Bonchev–Trinajstić information content (AvgIpc) is 2.98. The first kappa shape index (κ1) is 18.9. The van der Waals surface area contributed by atoms with E-state index in [0.717, 1.165) is 5.56 Å². The third kappa shape index (κ3) is 4.57. The first-order valence-electron chi connectivity index (χ1n) is 8.27. The highest BCUT2D eigenvalue weighted by molar-refractivity contribution is 5.99. The number of hydrogen-bond donors (Lipinski definition) is 3. The van der Waals surface area contributed by atoms with Crippen LogP contribution in [0.15, 0.2) is 18.2 Å². The van der Waals surface area contributed by atoms with Crippen molar-refractivity contribution < 1.29 is 24.2 Å². The maximum Gasteiger partial charge on any atom is 0.331 e. The van der Waals surface area contributed by atoms with Crippen molar-refractivity contribution in [2.24, 2.45) is 5.92 Å². The molecule has 136 valence electrons. The van der Waals surface area contributed by atoms with Gasteiger partial charge in [-0.2, -0.15) is 0 Å². The second kappa shape index (κ2) is 7.65. The lowest BCUT2D eigenvalue weighted by Crippen LogP contribution is -2.55. The van der Waals surface area contributed by atoms with Crippen molar-refractivity contribution in [3.8, 4) is 0 Å². The molecular formula is C18H24N2O5. The molecule has 25 heavy (non-hydrogen) atoms. The number of anilines is 1. The van der Waals surface area contributed by atoms with E-state index in [2.05, 4.69) is 10.6 Å². The Labute approximate surface area is 146 Å². The minimum Gasteiger partial charge on any atom is -0.479 e. The van der Waals surface area contributed by atoms with Crippen LogP contribution in [0, 0.1) is 12.8 Å². The summed E-state index contributed by atoms with van der Waals surface area (Å²) in [7, 11) is 0. The third-order valence-corrected chi connectivity index (χ3v) is 4.14. The zero-order valence-electron chi connectivity index (χ0n) is 14.7. The Balaban J connectivity index is 2.10. The summed E-state index contributed by atoms with van der Waals surface area (Å²) in [6.07, 6.45) is 0.652. The number of aliphatic carboxylic acids is 1. The molecule has 1 atom stereocenters. The lowest BCUT2D eigenvalue weighted by Gasteiger charge is -2.23. The molecule has 1 aromatic rings. The largest absolute Gasteiger partial charge is 0.479 e. The van der Waals surface area contributed by atoms with Crippen LogP contribution in [0.2, 0.25) is 0 Å². The molecule has 2 amide bonds. The number of hydrogen-bond acceptors (Lipinski definition) is 4. The number of benzene rings is 1. The van der Waals surface area contributed by atoms with Crippen LogP contribution in [0.3, 0.4) is 0 Å². The molecule has 3 N–H and O–H groups in total. The van der Waals surface area contributed by atoms with E-state index in [1.54, 1.807) is 25.1 Å². The van der Waals surface area contributed by atoms with Gasteiger partial charge in [-0.1, -0.05) is 13.8 Å². The van der Waals surface area contributed by atoms with Gasteiger partial charge in [0.25, 0.3) is 5.91 Å². The zero-order chi connectivity index (χ0) is 18.6. The number of ether oxygens (including phenoxy) is 1. The Morgan fingerprint density at radius 3 is 2.56 bits per heavy atom. The van der Waals surface area contributed by atoms with Crippen LogP contribution in [0.25, 0.3) is 0 Å². The molecule has 0 bridgehead atoms. The number of carboxylic acids is 1. The number of amides is 2. The molecule has 1 saturated heterocycles. The fourth-order valence-electron chi connectivity index (χ4n) is 2.69. The van der Waals surface area contributed by atoms with E-state index < -0.39 is 17.4 Å². The molecule has 0 saturated carbocycles. The minimum absolute atomic E-state index is 0.0452. The van der Waals surface area contributed by atoms with Crippen molar-refractivity contribution in [1.82, 2.24) is 5.32 Å². The molecule has 0 aliphatic carbocycles. The first-order chi connectivity index (χ1) is 11.7. The molecule has 1 heterocycles. The number of carboxylic acid groups (broad SMARTS) is 1. The van der Waals surface area contributed by atoms with E-state index in [9.17, 15) is 19.5 Å². The topological polar surface area (TPSA) is 105 Å². The Morgan fingerprint density at radius 2 is 2.04 bits per heavy atom. The van der Waals surface area contributed by atoms with Crippen molar-refractivity contribution in [3.05, 3.63) is 29.3 Å². The minimum atomic E-state index is -1.38. The maximum absolute atomic E-state index is 12.4. The van der Waals surface area contributed by atoms with Crippen molar-refractivity contribution in [3.63, 3.8) is 0 Å². The average molecular weight is 348 g/mol. The third-order valence-electron chi connectivity index (χ3n) is 4.14. The molecule has 1 aromatic carbocycles. The monoisotopic (exact) mass is 348 g/mol. The molecule has 7 nitrogen and oxygen atoms in total. The van der Waals surface area contributed by atoms with Crippen molar-refractivity contribution in [2.45, 2.75) is 39.2 Å². The maximum atomic E-state index is 12.4. The summed E-state index contributed by atoms with van der Waals surface area (Å²) >= 11 is 0. The van der Waals surface area contributed by atoms with Crippen LogP contribution in [-0.2, 0) is 14.3 Å². The summed E-state index contributed by atoms with van der Waals surface area (Å²) in [5, 5.41) is 14.8. The van der Waals surface area contributed by atoms with Crippen molar-refractivity contribution in [1.29, 1.82) is 0 Å². The molecule has 0 radical (unpaired) electrons. The predicted molar refractivity (Wildman–Crippen MR) is 92.5 cm³/mol. The van der Waals surface area contributed by atoms with Crippen molar-refractivity contribution in [2.75, 3.05) is 18.5 Å². The van der Waals surface area contributed by atoms with Gasteiger partial charge in [-0.15, -0.1) is 0 Å². The molecule has 0 spiro atoms. The fourth-order valence-corrected chi connectivity index (χ4v) is 2.69. The number of rotatable bonds is 6. The Morgan fingerprint density at radius 1 is 1.32 bits per heavy atom. The van der Waals surface area contributed by atoms with Gasteiger partial charge in [-0.3, -0.25) is 9.59 Å². The zero-order valence-corrected chi connectivity index (χ0v) is 14.7. The number of carbonyl (C=O) groups excluding carboxylic acids is 2. The molecular weight excluding hydrogens is 324 g/mol. The van der Waals surface area contributed by atoms with Gasteiger partial charge < -0.3 is 20.5 Å². The van der Waals surface area contributed by atoms with Crippen LogP contribution >= 0.6 is 0 Å². The van der Waals surface area contributed by atoms with Crippen LogP contribution in [0.5, 0.6) is 0 Å². The molecule has 1 fully saturated rings. The van der Waals surface area contributed by atoms with E-state index in [1.165, 1.54) is 0 Å². The summed E-state index contributed by atoms with van der Waals surface area (Å²) < 4.78 is 5.13. The van der Waals surface area contributed by atoms with Gasteiger partial charge in [0.2, 0.25) is 5.91 Å². The van der Waals surface area contributed by atoms with E-state index in [1.807, 2.05) is 13.8 Å². The van der Waals surface area contributed by atoms with Crippen LogP contribution in [0.1, 0.15) is 42.6 Å². The molecule has 1 aliphatic rings. The second-order valence-corrected chi connectivity index (χ2v) is 6.82. The Kier molecular flexibility index (Phi) is 5.79. The van der Waals surface area contributed by atoms with Gasteiger partial charge in [0.05, 0.1) is 6.61 Å². The molecule has 2 rings (SSSR count). The Bertz CT molecular complexity index is 678. The normalized spacial score (nSPS) is 19.7. The summed E-state index contributed by atoms with van der Waals surface area (Å²) in [4.78, 5) is 35.8.